The molecule has 2 saturated heterocycles. The van der Waals surface area contributed by atoms with Gasteiger partial charge in [0.1, 0.15) is 0 Å². The summed E-state index contributed by atoms with van der Waals surface area (Å²) in [5.41, 5.74) is 0.728. The number of carbonyl (C=O) groups is 2. The van der Waals surface area contributed by atoms with E-state index >= 15 is 0 Å². The topological polar surface area (TPSA) is 88.1 Å². The lowest BCUT2D eigenvalue weighted by Gasteiger charge is -2.32. The van der Waals surface area contributed by atoms with Gasteiger partial charge < -0.3 is 24.6 Å². The van der Waals surface area contributed by atoms with E-state index in [9.17, 15) is 9.59 Å². The normalized spacial score (nSPS) is 25.3. The molecule has 2 amide bonds. The molecular formula is C20H28BClN2O5. The van der Waals surface area contributed by atoms with Crippen LogP contribution in [0.5, 0.6) is 0 Å². The maximum absolute atomic E-state index is 13.5. The third-order valence-electron chi connectivity index (χ3n) is 6.26. The molecule has 3 rings (SSSR count). The number of carboxylic acid groups (broad SMARTS) is 1. The Morgan fingerprint density at radius 1 is 1.21 bits per heavy atom. The first-order chi connectivity index (χ1) is 13.3. The first-order valence-corrected chi connectivity index (χ1v) is 10.1. The highest BCUT2D eigenvalue weighted by Crippen LogP contribution is 2.37. The van der Waals surface area contributed by atoms with Crippen molar-refractivity contribution in [1.29, 1.82) is 0 Å². The van der Waals surface area contributed by atoms with Crippen molar-refractivity contribution in [2.45, 2.75) is 58.8 Å². The van der Waals surface area contributed by atoms with Crippen LogP contribution in [-0.2, 0) is 9.31 Å². The molecule has 2 atom stereocenters. The van der Waals surface area contributed by atoms with Crippen molar-refractivity contribution < 1.29 is 24.0 Å². The Hall–Kier alpha value is -1.77. The second-order valence-corrected chi connectivity index (χ2v) is 9.46. The van der Waals surface area contributed by atoms with E-state index in [1.165, 1.54) is 0 Å². The lowest BCUT2D eigenvalue weighted by Crippen LogP contribution is -2.43. The number of nitrogens with one attached hydrogen (secondary N) is 1. The predicted molar refractivity (Wildman–Crippen MR) is 112 cm³/mol. The van der Waals surface area contributed by atoms with Crippen molar-refractivity contribution in [2.24, 2.45) is 5.92 Å². The third kappa shape index (κ3) is 4.11. The van der Waals surface area contributed by atoms with E-state index in [2.05, 4.69) is 5.32 Å². The molecule has 2 fully saturated rings. The molecule has 0 bridgehead atoms. The van der Waals surface area contributed by atoms with Gasteiger partial charge in [0, 0.05) is 23.7 Å². The molecule has 2 heterocycles. The summed E-state index contributed by atoms with van der Waals surface area (Å²) in [4.78, 5) is 26.2. The second-order valence-electron chi connectivity index (χ2n) is 9.02. The van der Waals surface area contributed by atoms with E-state index < -0.39 is 24.4 Å². The molecule has 0 unspecified atom stereocenters. The van der Waals surface area contributed by atoms with E-state index in [1.54, 1.807) is 17.0 Å². The van der Waals surface area contributed by atoms with Gasteiger partial charge in [-0.2, -0.15) is 0 Å². The van der Waals surface area contributed by atoms with Gasteiger partial charge in [-0.25, -0.2) is 4.79 Å². The minimum absolute atomic E-state index is 0.0166. The molecule has 0 saturated carbocycles. The zero-order chi connectivity index (χ0) is 21.7. The molecule has 9 heteroatoms. The van der Waals surface area contributed by atoms with Gasteiger partial charge in [0.25, 0.3) is 5.91 Å². The summed E-state index contributed by atoms with van der Waals surface area (Å²) in [7, 11) is -0.718. The minimum atomic E-state index is -1.09. The Bertz CT molecular complexity index is 828. The van der Waals surface area contributed by atoms with Crippen LogP contribution in [0.2, 0.25) is 5.02 Å². The number of likely N-dealkylation sites (tertiary alicyclic amines) is 1. The van der Waals surface area contributed by atoms with Crippen molar-refractivity contribution in [3.63, 3.8) is 0 Å². The molecule has 1 aromatic carbocycles. The largest absolute Gasteiger partial charge is 0.495 e. The fraction of sp³-hybridized carbons (Fsp3) is 0.600. The fourth-order valence-electron chi connectivity index (χ4n) is 3.85. The van der Waals surface area contributed by atoms with Gasteiger partial charge in [0.05, 0.1) is 17.2 Å². The van der Waals surface area contributed by atoms with Crippen LogP contribution in [0.15, 0.2) is 12.1 Å². The predicted octanol–water partition coefficient (Wildman–Crippen LogP) is 2.68. The number of halogens is 1. The summed E-state index contributed by atoms with van der Waals surface area (Å²) in [6.07, 6.45) is -1.09. The summed E-state index contributed by atoms with van der Waals surface area (Å²) >= 11 is 6.30. The number of carbonyl (C=O) groups excluding carboxylic acids is 1. The molecule has 2 aliphatic rings. The summed E-state index contributed by atoms with van der Waals surface area (Å²) in [5, 5.41) is 12.0. The zero-order valence-electron chi connectivity index (χ0n) is 17.7. The molecule has 2 N–H and O–H groups in total. The van der Waals surface area contributed by atoms with Gasteiger partial charge >= 0.3 is 13.2 Å². The lowest BCUT2D eigenvalue weighted by atomic mass is 9.74. The van der Waals surface area contributed by atoms with Crippen LogP contribution in [0.4, 0.5) is 4.79 Å². The number of hydrogen-bond acceptors (Lipinski definition) is 4. The average molecular weight is 423 g/mol. The summed E-state index contributed by atoms with van der Waals surface area (Å²) in [5.74, 6) is -0.159. The smallest absolute Gasteiger partial charge is 0.465 e. The summed E-state index contributed by atoms with van der Waals surface area (Å²) < 4.78 is 12.3. The van der Waals surface area contributed by atoms with Gasteiger partial charge in [-0.3, -0.25) is 4.79 Å². The molecule has 0 radical (unpaired) electrons. The third-order valence-corrected chi connectivity index (χ3v) is 6.48. The fourth-order valence-corrected chi connectivity index (χ4v) is 4.14. The molecule has 158 valence electrons. The highest BCUT2D eigenvalue weighted by atomic mass is 35.5. The average Bonchev–Trinajstić information content (AvgIpc) is 3.02. The highest BCUT2D eigenvalue weighted by molar-refractivity contribution is 6.64. The van der Waals surface area contributed by atoms with Crippen molar-refractivity contribution in [2.75, 3.05) is 13.1 Å². The molecule has 7 nitrogen and oxygen atoms in total. The Kier molecular flexibility index (Phi) is 5.66. The summed E-state index contributed by atoms with van der Waals surface area (Å²) in [6.45, 7) is 12.4. The number of aryl methyl sites for hydroxylation is 1. The van der Waals surface area contributed by atoms with Gasteiger partial charge in [-0.15, -0.1) is 0 Å². The van der Waals surface area contributed by atoms with Crippen LogP contribution in [-0.4, -0.2) is 59.5 Å². The van der Waals surface area contributed by atoms with Crippen LogP contribution in [0.1, 0.15) is 50.5 Å². The maximum atomic E-state index is 13.5. The quantitative estimate of drug-likeness (QED) is 0.731. The van der Waals surface area contributed by atoms with Crippen molar-refractivity contribution >= 4 is 36.2 Å². The Morgan fingerprint density at radius 3 is 2.34 bits per heavy atom. The highest BCUT2D eigenvalue weighted by Gasteiger charge is 2.53. The van der Waals surface area contributed by atoms with Crippen molar-refractivity contribution in [3.8, 4) is 0 Å². The van der Waals surface area contributed by atoms with Gasteiger partial charge in [-0.1, -0.05) is 18.5 Å². The Morgan fingerprint density at radius 2 is 1.79 bits per heavy atom. The van der Waals surface area contributed by atoms with E-state index in [0.717, 1.165) is 5.56 Å². The summed E-state index contributed by atoms with van der Waals surface area (Å²) in [6, 6.07) is 3.16. The van der Waals surface area contributed by atoms with Crippen LogP contribution >= 0.6 is 11.6 Å². The number of hydrogen-bond donors (Lipinski definition) is 2. The standard InChI is InChI=1S/C20H28BClN2O5/c1-11-7-13(22)8-14(21-28-19(3,4)20(5,6)29-21)16(11)17(25)24-9-12(2)15(10-24)23-18(26)27/h7-8,12,15,23H,9-10H2,1-6H3,(H,26,27)/t12-,15+/m0/s1. The second kappa shape index (κ2) is 7.49. The number of benzene rings is 1. The molecule has 0 spiro atoms. The van der Waals surface area contributed by atoms with Crippen LogP contribution < -0.4 is 10.8 Å². The van der Waals surface area contributed by atoms with E-state index in [1.807, 2.05) is 41.5 Å². The number of nitrogens with zero attached hydrogens (tertiary/aromatic N) is 1. The van der Waals surface area contributed by atoms with E-state index in [0.29, 0.717) is 29.1 Å². The van der Waals surface area contributed by atoms with Crippen molar-refractivity contribution in [3.05, 3.63) is 28.3 Å². The minimum Gasteiger partial charge on any atom is -0.465 e. The first kappa shape index (κ1) is 21.9. The van der Waals surface area contributed by atoms with E-state index in [4.69, 9.17) is 26.0 Å². The molecule has 2 aliphatic heterocycles. The molecule has 29 heavy (non-hydrogen) atoms. The molecule has 1 aromatic rings. The van der Waals surface area contributed by atoms with Crippen LogP contribution in [0.25, 0.3) is 0 Å². The van der Waals surface area contributed by atoms with Gasteiger partial charge in [-0.05, 0) is 63.7 Å². The Balaban J connectivity index is 1.94. The lowest BCUT2D eigenvalue weighted by molar-refractivity contribution is 0.00578. The van der Waals surface area contributed by atoms with E-state index in [-0.39, 0.29) is 17.9 Å². The number of amides is 2. The monoisotopic (exact) mass is 422 g/mol. The molecule has 0 aliphatic carbocycles. The number of rotatable bonds is 3. The first-order valence-electron chi connectivity index (χ1n) is 9.77. The molecular weight excluding hydrogens is 394 g/mol. The van der Waals surface area contributed by atoms with Crippen LogP contribution in [0, 0.1) is 12.8 Å². The Labute approximate surface area is 176 Å². The molecule has 0 aromatic heterocycles. The van der Waals surface area contributed by atoms with Gasteiger partial charge in [0.15, 0.2) is 0 Å². The van der Waals surface area contributed by atoms with Crippen LogP contribution in [0.3, 0.4) is 0 Å². The maximum Gasteiger partial charge on any atom is 0.495 e. The zero-order valence-corrected chi connectivity index (χ0v) is 18.5. The van der Waals surface area contributed by atoms with Crippen molar-refractivity contribution in [1.82, 2.24) is 10.2 Å². The SMILES string of the molecule is Cc1cc(Cl)cc(B2OC(C)(C)C(C)(C)O2)c1C(=O)N1C[C@H](C)[C@H](NC(=O)O)C1. The van der Waals surface area contributed by atoms with Gasteiger partial charge in [0.2, 0.25) is 0 Å².